The predicted octanol–water partition coefficient (Wildman–Crippen LogP) is 6.53. The van der Waals surface area contributed by atoms with Gasteiger partial charge in [-0.05, 0) is 13.5 Å². The van der Waals surface area contributed by atoms with Gasteiger partial charge in [0.25, 0.3) is 0 Å². The van der Waals surface area contributed by atoms with Gasteiger partial charge in [0.15, 0.2) is 0 Å². The quantitative estimate of drug-likeness (QED) is 0.129. The third kappa shape index (κ3) is 29.8. The Bertz CT molecular complexity index is 288. The van der Waals surface area contributed by atoms with Gasteiger partial charge in [0.05, 0.1) is 46.2 Å². The lowest BCUT2D eigenvalue weighted by atomic mass is 10.0. The molecule has 0 unspecified atom stereocenters. The fourth-order valence-electron chi connectivity index (χ4n) is 3.69. The van der Waals surface area contributed by atoms with Crippen LogP contribution in [0.4, 0.5) is 0 Å². The first-order valence-electron chi connectivity index (χ1n) is 13.9. The maximum atomic E-state index is 5.64. The molecule has 0 amide bonds. The van der Waals surface area contributed by atoms with E-state index in [-0.39, 0.29) is 0 Å². The van der Waals surface area contributed by atoms with Crippen LogP contribution in [0, 0.1) is 0 Å². The monoisotopic (exact) mass is 459 g/mol. The molecule has 0 saturated heterocycles. The Hall–Kier alpha value is -0.200. The van der Waals surface area contributed by atoms with E-state index in [0.29, 0.717) is 39.6 Å². The summed E-state index contributed by atoms with van der Waals surface area (Å²) < 4.78 is 22.0. The van der Waals surface area contributed by atoms with Crippen LogP contribution >= 0.6 is 0 Å². The van der Waals surface area contributed by atoms with E-state index in [1.807, 2.05) is 7.05 Å². The van der Waals surface area contributed by atoms with E-state index < -0.39 is 0 Å². The van der Waals surface area contributed by atoms with Gasteiger partial charge in [-0.2, -0.15) is 0 Å². The van der Waals surface area contributed by atoms with Gasteiger partial charge in [0.2, 0.25) is 0 Å². The van der Waals surface area contributed by atoms with E-state index in [4.69, 9.17) is 18.9 Å². The van der Waals surface area contributed by atoms with E-state index in [2.05, 4.69) is 12.2 Å². The average Bonchev–Trinajstić information content (AvgIpc) is 2.81. The summed E-state index contributed by atoms with van der Waals surface area (Å²) in [7, 11) is 1.92. The summed E-state index contributed by atoms with van der Waals surface area (Å²) in [6.45, 7) is 8.61. The van der Waals surface area contributed by atoms with Crippen LogP contribution in [-0.4, -0.2) is 66.4 Å². The molecule has 0 aliphatic rings. The molecule has 0 aliphatic carbocycles. The fourth-order valence-corrected chi connectivity index (χ4v) is 3.69. The molecule has 0 radical (unpaired) electrons. The molecular weight excluding hydrogens is 402 g/mol. The lowest BCUT2D eigenvalue weighted by Crippen LogP contribution is -2.17. The number of hydrogen-bond acceptors (Lipinski definition) is 5. The summed E-state index contributed by atoms with van der Waals surface area (Å²) in [5.41, 5.74) is 0. The molecule has 0 aromatic rings. The molecule has 0 aromatic heterocycles. The Kier molecular flexibility index (Phi) is 30.6. The van der Waals surface area contributed by atoms with Crippen LogP contribution in [0.5, 0.6) is 0 Å². The fraction of sp³-hybridized carbons (Fsp3) is 1.00. The van der Waals surface area contributed by atoms with Crippen molar-refractivity contribution >= 4 is 0 Å². The average molecular weight is 460 g/mol. The number of rotatable bonds is 29. The molecule has 0 aromatic carbocycles. The van der Waals surface area contributed by atoms with Crippen molar-refractivity contribution in [2.45, 2.75) is 110 Å². The SMILES string of the molecule is CCCCCCCCCCCCCCCCCCOCCOCCOCCOCCNC. The van der Waals surface area contributed by atoms with E-state index >= 15 is 0 Å². The smallest absolute Gasteiger partial charge is 0.0701 e. The maximum Gasteiger partial charge on any atom is 0.0701 e. The Balaban J connectivity index is 2.98. The van der Waals surface area contributed by atoms with Gasteiger partial charge in [-0.1, -0.05) is 103 Å². The van der Waals surface area contributed by atoms with Crippen LogP contribution in [0.2, 0.25) is 0 Å². The first-order valence-corrected chi connectivity index (χ1v) is 13.9. The van der Waals surface area contributed by atoms with Crippen LogP contribution < -0.4 is 5.32 Å². The second-order valence-corrected chi connectivity index (χ2v) is 8.86. The van der Waals surface area contributed by atoms with Gasteiger partial charge in [-0.25, -0.2) is 0 Å². The largest absolute Gasteiger partial charge is 0.379 e. The highest BCUT2D eigenvalue weighted by molar-refractivity contribution is 4.50. The van der Waals surface area contributed by atoms with Crippen molar-refractivity contribution in [1.82, 2.24) is 5.32 Å². The summed E-state index contributed by atoms with van der Waals surface area (Å²) in [6, 6.07) is 0. The molecule has 0 spiro atoms. The number of ether oxygens (including phenoxy) is 4. The maximum absolute atomic E-state index is 5.64. The molecule has 5 nitrogen and oxygen atoms in total. The minimum atomic E-state index is 0.620. The van der Waals surface area contributed by atoms with Crippen LogP contribution in [0.1, 0.15) is 110 Å². The van der Waals surface area contributed by atoms with Crippen molar-refractivity contribution in [3.8, 4) is 0 Å². The Morgan fingerprint density at radius 1 is 0.375 bits per heavy atom. The van der Waals surface area contributed by atoms with Gasteiger partial charge in [0.1, 0.15) is 0 Å². The third-order valence-corrected chi connectivity index (χ3v) is 5.75. The zero-order valence-electron chi connectivity index (χ0n) is 21.8. The van der Waals surface area contributed by atoms with Crippen molar-refractivity contribution in [2.75, 3.05) is 66.4 Å². The molecule has 0 heterocycles. The number of nitrogens with one attached hydrogen (secondary N) is 1. The van der Waals surface area contributed by atoms with Gasteiger partial charge < -0.3 is 24.3 Å². The lowest BCUT2D eigenvalue weighted by molar-refractivity contribution is -0.00170. The third-order valence-electron chi connectivity index (χ3n) is 5.75. The van der Waals surface area contributed by atoms with Crippen molar-refractivity contribution < 1.29 is 18.9 Å². The molecule has 0 rings (SSSR count). The first-order chi connectivity index (χ1) is 15.9. The molecule has 194 valence electrons. The summed E-state index contributed by atoms with van der Waals surface area (Å²) in [5, 5.41) is 3.04. The highest BCUT2D eigenvalue weighted by Gasteiger charge is 1.96. The van der Waals surface area contributed by atoms with Crippen LogP contribution in [0.3, 0.4) is 0 Å². The van der Waals surface area contributed by atoms with Gasteiger partial charge >= 0.3 is 0 Å². The molecule has 0 bridgehead atoms. The number of unbranched alkanes of at least 4 members (excludes halogenated alkanes) is 15. The Labute approximate surface area is 200 Å². The molecule has 0 atom stereocenters. The summed E-state index contributed by atoms with van der Waals surface area (Å²) in [4.78, 5) is 0. The second kappa shape index (κ2) is 30.8. The summed E-state index contributed by atoms with van der Waals surface area (Å²) in [6.07, 6.45) is 22.4. The molecule has 32 heavy (non-hydrogen) atoms. The van der Waals surface area contributed by atoms with Crippen molar-refractivity contribution in [1.29, 1.82) is 0 Å². The minimum absolute atomic E-state index is 0.620. The summed E-state index contributed by atoms with van der Waals surface area (Å²) in [5.74, 6) is 0. The zero-order chi connectivity index (χ0) is 23.2. The second-order valence-electron chi connectivity index (χ2n) is 8.86. The van der Waals surface area contributed by atoms with Crippen LogP contribution in [-0.2, 0) is 18.9 Å². The van der Waals surface area contributed by atoms with Crippen LogP contribution in [0.15, 0.2) is 0 Å². The van der Waals surface area contributed by atoms with E-state index in [1.165, 1.54) is 103 Å². The van der Waals surface area contributed by atoms with E-state index in [0.717, 1.165) is 19.8 Å². The van der Waals surface area contributed by atoms with Gasteiger partial charge in [-0.15, -0.1) is 0 Å². The minimum Gasteiger partial charge on any atom is -0.379 e. The normalized spacial score (nSPS) is 11.4. The number of likely N-dealkylation sites (N-methyl/N-ethyl adjacent to an activating group) is 1. The highest BCUT2D eigenvalue weighted by Crippen LogP contribution is 2.13. The van der Waals surface area contributed by atoms with Crippen molar-refractivity contribution in [2.24, 2.45) is 0 Å². The number of hydrogen-bond donors (Lipinski definition) is 1. The summed E-state index contributed by atoms with van der Waals surface area (Å²) >= 11 is 0. The van der Waals surface area contributed by atoms with Crippen LogP contribution in [0.25, 0.3) is 0 Å². The van der Waals surface area contributed by atoms with Crippen molar-refractivity contribution in [3.05, 3.63) is 0 Å². The molecule has 5 heteroatoms. The standard InChI is InChI=1S/C27H57NO4/c1-3-4-5-6-7-8-9-10-11-12-13-14-15-16-17-18-20-29-22-24-31-26-27-32-25-23-30-21-19-28-2/h28H,3-27H2,1-2H3. The van der Waals surface area contributed by atoms with E-state index in [1.54, 1.807) is 0 Å². The lowest BCUT2D eigenvalue weighted by Gasteiger charge is -2.07. The Morgan fingerprint density at radius 2 is 0.688 bits per heavy atom. The Morgan fingerprint density at radius 3 is 1.06 bits per heavy atom. The molecule has 1 N–H and O–H groups in total. The molecular formula is C27H57NO4. The van der Waals surface area contributed by atoms with Gasteiger partial charge in [-0.3, -0.25) is 0 Å². The van der Waals surface area contributed by atoms with Gasteiger partial charge in [0, 0.05) is 13.2 Å². The molecule has 0 fully saturated rings. The molecule has 0 aliphatic heterocycles. The molecule has 0 saturated carbocycles. The van der Waals surface area contributed by atoms with E-state index in [9.17, 15) is 0 Å². The topological polar surface area (TPSA) is 49.0 Å². The van der Waals surface area contributed by atoms with Crippen molar-refractivity contribution in [3.63, 3.8) is 0 Å². The highest BCUT2D eigenvalue weighted by atomic mass is 16.6. The first kappa shape index (κ1) is 31.8. The zero-order valence-corrected chi connectivity index (χ0v) is 21.8. The predicted molar refractivity (Wildman–Crippen MR) is 137 cm³/mol.